The second-order valence-electron chi connectivity index (χ2n) is 11.2. The largest absolute Gasteiger partial charge is 0.466 e. The van der Waals surface area contributed by atoms with Crippen LogP contribution in [-0.2, 0) is 20.7 Å². The summed E-state index contributed by atoms with van der Waals surface area (Å²) >= 11 is 0. The van der Waals surface area contributed by atoms with E-state index in [9.17, 15) is 14.0 Å². The number of hydrogen-bond acceptors (Lipinski definition) is 4. The molecule has 0 spiro atoms. The van der Waals surface area contributed by atoms with E-state index in [4.69, 9.17) is 9.47 Å². The highest BCUT2D eigenvalue weighted by molar-refractivity contribution is 5.76. The van der Waals surface area contributed by atoms with Gasteiger partial charge in [-0.05, 0) is 131 Å². The summed E-state index contributed by atoms with van der Waals surface area (Å²) in [5.74, 6) is -0.196. The van der Waals surface area contributed by atoms with Crippen molar-refractivity contribution in [3.05, 3.63) is 71.1 Å². The smallest absolute Gasteiger partial charge is 0.408 e. The molecule has 1 saturated carbocycles. The zero-order valence-electron chi connectivity index (χ0n) is 23.5. The fourth-order valence-corrected chi connectivity index (χ4v) is 4.79. The van der Waals surface area contributed by atoms with Crippen molar-refractivity contribution in [3.8, 4) is 11.1 Å². The van der Waals surface area contributed by atoms with Gasteiger partial charge in [0, 0.05) is 0 Å². The fraction of sp³-hybridized carbons (Fsp3) is 0.500. The number of nitrogens with one attached hydrogen (secondary N) is 1. The molecule has 1 aliphatic carbocycles. The SMILES string of the molecule is C=CCCCCc1cc(F)cc(C)c1-c1cc(C2CC2)cc([C@H](CC(=O)OCC)NC(=O)OC(C)(C)C)c1. The van der Waals surface area contributed by atoms with E-state index < -0.39 is 23.7 Å². The number of hydrogen-bond donors (Lipinski definition) is 1. The number of amides is 1. The first-order valence-electron chi connectivity index (χ1n) is 13.7. The van der Waals surface area contributed by atoms with Crippen LogP contribution >= 0.6 is 0 Å². The predicted octanol–water partition coefficient (Wildman–Crippen LogP) is 8.10. The standard InChI is InChI=1S/C32H42FNO4/c1-7-9-10-11-12-23-19-27(33)15-21(3)30(23)26-17-24(22-13-14-22)16-25(18-26)28(20-29(35)37-8-2)34-31(36)38-32(4,5)6/h7,15-19,22,28H,1,8-14,20H2,2-6H3,(H,34,36)/t28-/m0/s1. The molecule has 1 aliphatic rings. The number of alkyl carbamates (subject to hydrolysis) is 1. The molecule has 0 radical (unpaired) electrons. The molecule has 6 heteroatoms. The van der Waals surface area contributed by atoms with E-state index in [0.717, 1.165) is 66.3 Å². The molecule has 0 unspecified atom stereocenters. The third-order valence-electron chi connectivity index (χ3n) is 6.57. The minimum absolute atomic E-state index is 0.0164. The van der Waals surface area contributed by atoms with Gasteiger partial charge in [-0.3, -0.25) is 4.79 Å². The molecular formula is C32H42FNO4. The number of ether oxygens (including phenoxy) is 2. The number of halogens is 1. The average molecular weight is 524 g/mol. The lowest BCUT2D eigenvalue weighted by molar-refractivity contribution is -0.143. The van der Waals surface area contributed by atoms with Crippen LogP contribution in [0.1, 0.15) is 100 Å². The molecule has 206 valence electrons. The molecule has 38 heavy (non-hydrogen) atoms. The summed E-state index contributed by atoms with van der Waals surface area (Å²) in [6.07, 6.45) is 7.11. The van der Waals surface area contributed by atoms with Crippen molar-refractivity contribution in [1.29, 1.82) is 0 Å². The van der Waals surface area contributed by atoms with E-state index in [1.165, 1.54) is 5.56 Å². The zero-order chi connectivity index (χ0) is 27.9. The van der Waals surface area contributed by atoms with Gasteiger partial charge in [-0.25, -0.2) is 9.18 Å². The number of allylic oxidation sites excluding steroid dienone is 1. The van der Waals surface area contributed by atoms with Gasteiger partial charge in [0.05, 0.1) is 19.1 Å². The Morgan fingerprint density at radius 1 is 1.16 bits per heavy atom. The van der Waals surface area contributed by atoms with Crippen molar-refractivity contribution in [2.45, 2.75) is 97.1 Å². The lowest BCUT2D eigenvalue weighted by Gasteiger charge is -2.25. The van der Waals surface area contributed by atoms with Gasteiger partial charge < -0.3 is 14.8 Å². The predicted molar refractivity (Wildman–Crippen MR) is 150 cm³/mol. The number of carbonyl (C=O) groups is 2. The topological polar surface area (TPSA) is 64.6 Å². The first kappa shape index (κ1) is 29.4. The van der Waals surface area contributed by atoms with Crippen molar-refractivity contribution in [3.63, 3.8) is 0 Å². The van der Waals surface area contributed by atoms with Crippen LogP contribution in [0, 0.1) is 12.7 Å². The Labute approximate surface area is 226 Å². The van der Waals surface area contributed by atoms with Gasteiger partial charge in [0.2, 0.25) is 0 Å². The summed E-state index contributed by atoms with van der Waals surface area (Å²) in [6, 6.07) is 8.85. The van der Waals surface area contributed by atoms with Crippen LogP contribution in [0.2, 0.25) is 0 Å². The van der Waals surface area contributed by atoms with Gasteiger partial charge in [-0.2, -0.15) is 0 Å². The Bertz CT molecular complexity index is 1150. The third kappa shape index (κ3) is 8.71. The molecule has 2 aromatic rings. The van der Waals surface area contributed by atoms with Gasteiger partial charge in [0.1, 0.15) is 11.4 Å². The Kier molecular flexibility index (Phi) is 10.1. The maximum absolute atomic E-state index is 14.5. The maximum Gasteiger partial charge on any atom is 0.408 e. The highest BCUT2D eigenvalue weighted by Gasteiger charge is 2.28. The second kappa shape index (κ2) is 13.1. The minimum Gasteiger partial charge on any atom is -0.466 e. The van der Waals surface area contributed by atoms with Crippen molar-refractivity contribution in [2.75, 3.05) is 6.61 Å². The van der Waals surface area contributed by atoms with Gasteiger partial charge in [0.25, 0.3) is 0 Å². The van der Waals surface area contributed by atoms with Gasteiger partial charge in [0.15, 0.2) is 0 Å². The Balaban J connectivity index is 2.06. The van der Waals surface area contributed by atoms with E-state index in [1.807, 2.05) is 19.1 Å². The maximum atomic E-state index is 14.5. The summed E-state index contributed by atoms with van der Waals surface area (Å²) in [5.41, 5.74) is 5.12. The highest BCUT2D eigenvalue weighted by atomic mass is 19.1. The van der Waals surface area contributed by atoms with Gasteiger partial charge in [-0.15, -0.1) is 6.58 Å². The quantitative estimate of drug-likeness (QED) is 0.173. The molecule has 2 aromatic carbocycles. The van der Waals surface area contributed by atoms with Crippen LogP contribution in [0.3, 0.4) is 0 Å². The van der Waals surface area contributed by atoms with E-state index in [1.54, 1.807) is 39.8 Å². The Morgan fingerprint density at radius 2 is 1.89 bits per heavy atom. The normalized spacial score (nSPS) is 14.1. The fourth-order valence-electron chi connectivity index (χ4n) is 4.79. The molecule has 1 atom stereocenters. The van der Waals surface area contributed by atoms with Crippen LogP contribution < -0.4 is 5.32 Å². The number of rotatable bonds is 12. The van der Waals surface area contributed by atoms with Crippen molar-refractivity contribution >= 4 is 12.1 Å². The summed E-state index contributed by atoms with van der Waals surface area (Å²) in [4.78, 5) is 25.3. The molecule has 1 fully saturated rings. The van der Waals surface area contributed by atoms with E-state index in [-0.39, 0.29) is 18.8 Å². The molecule has 0 saturated heterocycles. The Hall–Kier alpha value is -3.15. The van der Waals surface area contributed by atoms with Crippen LogP contribution in [0.4, 0.5) is 9.18 Å². The van der Waals surface area contributed by atoms with Crippen LogP contribution in [0.5, 0.6) is 0 Å². The summed E-state index contributed by atoms with van der Waals surface area (Å²) in [5, 5.41) is 2.90. The van der Waals surface area contributed by atoms with Crippen molar-refractivity contribution in [2.24, 2.45) is 0 Å². The number of unbranched alkanes of at least 4 members (excludes halogenated alkanes) is 2. The third-order valence-corrected chi connectivity index (χ3v) is 6.57. The molecule has 1 N–H and O–H groups in total. The van der Waals surface area contributed by atoms with Crippen molar-refractivity contribution in [1.82, 2.24) is 5.32 Å². The highest BCUT2D eigenvalue weighted by Crippen LogP contribution is 2.43. The number of carbonyl (C=O) groups excluding carboxylic acids is 2. The zero-order valence-corrected chi connectivity index (χ0v) is 23.5. The molecule has 0 bridgehead atoms. The molecule has 0 heterocycles. The molecule has 1 amide bonds. The van der Waals surface area contributed by atoms with E-state index in [2.05, 4.69) is 24.0 Å². The van der Waals surface area contributed by atoms with Gasteiger partial charge in [-0.1, -0.05) is 18.2 Å². The molecule has 0 aliphatic heterocycles. The van der Waals surface area contributed by atoms with Crippen LogP contribution in [0.25, 0.3) is 11.1 Å². The van der Waals surface area contributed by atoms with Gasteiger partial charge >= 0.3 is 12.1 Å². The lowest BCUT2D eigenvalue weighted by Crippen LogP contribution is -2.36. The van der Waals surface area contributed by atoms with E-state index in [0.29, 0.717) is 5.92 Å². The van der Waals surface area contributed by atoms with Crippen LogP contribution in [0.15, 0.2) is 43.0 Å². The van der Waals surface area contributed by atoms with Crippen molar-refractivity contribution < 1.29 is 23.5 Å². The van der Waals surface area contributed by atoms with Crippen LogP contribution in [-0.4, -0.2) is 24.3 Å². The lowest BCUT2D eigenvalue weighted by atomic mass is 9.88. The molecular weight excluding hydrogens is 481 g/mol. The first-order chi connectivity index (χ1) is 18.0. The molecule has 0 aromatic heterocycles. The summed E-state index contributed by atoms with van der Waals surface area (Å²) in [7, 11) is 0. The van der Waals surface area contributed by atoms with E-state index >= 15 is 0 Å². The first-order valence-corrected chi connectivity index (χ1v) is 13.7. The minimum atomic E-state index is -0.675. The molecule has 5 nitrogen and oxygen atoms in total. The summed E-state index contributed by atoms with van der Waals surface area (Å²) < 4.78 is 25.2. The number of esters is 1. The molecule has 3 rings (SSSR count). The number of aryl methyl sites for hydroxylation is 2. The summed E-state index contributed by atoms with van der Waals surface area (Å²) in [6.45, 7) is 13.1. The Morgan fingerprint density at radius 3 is 2.53 bits per heavy atom. The monoisotopic (exact) mass is 523 g/mol. The second-order valence-corrected chi connectivity index (χ2v) is 11.2. The number of benzene rings is 2. The average Bonchev–Trinajstić information content (AvgIpc) is 3.65.